The molecule has 3 aliphatic rings. The van der Waals surface area contributed by atoms with Gasteiger partial charge in [-0.3, -0.25) is 14.4 Å². The van der Waals surface area contributed by atoms with Crippen molar-refractivity contribution in [1.82, 2.24) is 20.1 Å². The number of allylic oxidation sites excluding steroid dienone is 1. The molecular weight excluding hydrogens is 466 g/mol. The molecule has 1 aromatic heterocycles. The van der Waals surface area contributed by atoms with E-state index in [9.17, 15) is 14.4 Å². The molecular formula is C29H37N5O3. The molecule has 2 aliphatic heterocycles. The smallest absolute Gasteiger partial charge is 0.256 e. The molecule has 0 spiro atoms. The van der Waals surface area contributed by atoms with Gasteiger partial charge in [0, 0.05) is 54.4 Å². The zero-order chi connectivity index (χ0) is 26.1. The third-order valence-corrected chi connectivity index (χ3v) is 7.99. The van der Waals surface area contributed by atoms with Crippen LogP contribution in [0.1, 0.15) is 82.8 Å². The minimum absolute atomic E-state index is 0.0210. The van der Waals surface area contributed by atoms with Gasteiger partial charge in [0.05, 0.1) is 11.1 Å². The standard InChI is InChI=1S/C29H37N5O3/c1-4-33(5-2)16-13-30-27(35)24-18(3)31-26-20(24)9-8-10-21(26)25-22-17-19(11-12-23(22)32-28(25)36)29(37)34-14-6-7-15-34/h11-12,17,31H,4-10,13-16H2,1-3H3,(H,30,35)(H,32,36)/b25-21-. The molecule has 1 saturated heterocycles. The van der Waals surface area contributed by atoms with Gasteiger partial charge in [-0.15, -0.1) is 0 Å². The maximum Gasteiger partial charge on any atom is 0.256 e. The molecule has 5 rings (SSSR count). The van der Waals surface area contributed by atoms with E-state index in [1.807, 2.05) is 24.0 Å². The largest absolute Gasteiger partial charge is 0.358 e. The number of likely N-dealkylation sites (tertiary alicyclic amines) is 1. The number of hydrogen-bond donors (Lipinski definition) is 3. The minimum atomic E-state index is -0.152. The molecule has 0 atom stereocenters. The fraction of sp³-hybridized carbons (Fsp3) is 0.483. The number of likely N-dealkylation sites (N-methyl/N-ethyl adjacent to an activating group) is 1. The van der Waals surface area contributed by atoms with Crippen molar-refractivity contribution >= 4 is 34.6 Å². The Morgan fingerprint density at radius 2 is 1.84 bits per heavy atom. The van der Waals surface area contributed by atoms with E-state index in [0.717, 1.165) is 98.6 Å². The highest BCUT2D eigenvalue weighted by Gasteiger charge is 2.34. The summed E-state index contributed by atoms with van der Waals surface area (Å²) in [5.41, 5.74) is 7.04. The lowest BCUT2D eigenvalue weighted by Crippen LogP contribution is -2.35. The summed E-state index contributed by atoms with van der Waals surface area (Å²) in [6.07, 6.45) is 4.45. The van der Waals surface area contributed by atoms with Crippen molar-refractivity contribution in [3.8, 4) is 0 Å². The van der Waals surface area contributed by atoms with Crippen molar-refractivity contribution < 1.29 is 14.4 Å². The lowest BCUT2D eigenvalue weighted by Gasteiger charge is -2.20. The predicted molar refractivity (Wildman–Crippen MR) is 146 cm³/mol. The Morgan fingerprint density at radius 1 is 1.08 bits per heavy atom. The number of aromatic amines is 1. The molecule has 8 heteroatoms. The van der Waals surface area contributed by atoms with E-state index in [4.69, 9.17) is 0 Å². The first kappa shape index (κ1) is 25.3. The van der Waals surface area contributed by atoms with Gasteiger partial charge in [-0.25, -0.2) is 0 Å². The van der Waals surface area contributed by atoms with Crippen LogP contribution in [0.4, 0.5) is 5.69 Å². The number of rotatable bonds is 7. The summed E-state index contributed by atoms with van der Waals surface area (Å²) in [5, 5.41) is 6.08. The number of amides is 3. The summed E-state index contributed by atoms with van der Waals surface area (Å²) < 4.78 is 0. The van der Waals surface area contributed by atoms with Crippen LogP contribution in [0.2, 0.25) is 0 Å². The molecule has 0 radical (unpaired) electrons. The van der Waals surface area contributed by atoms with Gasteiger partial charge in [-0.05, 0) is 81.5 Å². The molecule has 3 heterocycles. The number of nitrogens with one attached hydrogen (secondary N) is 3. The number of nitrogens with zero attached hydrogens (tertiary/aromatic N) is 2. The van der Waals surface area contributed by atoms with E-state index in [1.165, 1.54) is 0 Å². The summed E-state index contributed by atoms with van der Waals surface area (Å²) in [6, 6.07) is 5.50. The molecule has 196 valence electrons. The summed E-state index contributed by atoms with van der Waals surface area (Å²) in [5.74, 6) is -0.197. The quantitative estimate of drug-likeness (QED) is 0.500. The molecule has 0 saturated carbocycles. The third kappa shape index (κ3) is 4.70. The van der Waals surface area contributed by atoms with Crippen LogP contribution in [-0.2, 0) is 11.2 Å². The van der Waals surface area contributed by atoms with E-state index < -0.39 is 0 Å². The van der Waals surface area contributed by atoms with Crippen LogP contribution in [0.25, 0.3) is 11.1 Å². The van der Waals surface area contributed by atoms with Crippen LogP contribution in [0.5, 0.6) is 0 Å². The molecule has 8 nitrogen and oxygen atoms in total. The Kier molecular flexibility index (Phi) is 7.20. The molecule has 2 aromatic rings. The van der Waals surface area contributed by atoms with Crippen LogP contribution in [-0.4, -0.2) is 71.8 Å². The summed E-state index contributed by atoms with van der Waals surface area (Å²) in [4.78, 5) is 47.1. The van der Waals surface area contributed by atoms with E-state index in [0.29, 0.717) is 23.2 Å². The van der Waals surface area contributed by atoms with Gasteiger partial charge >= 0.3 is 0 Å². The number of aryl methyl sites for hydroxylation is 1. The van der Waals surface area contributed by atoms with Crippen LogP contribution in [0, 0.1) is 6.92 Å². The summed E-state index contributed by atoms with van der Waals surface area (Å²) >= 11 is 0. The number of anilines is 1. The van der Waals surface area contributed by atoms with Crippen molar-refractivity contribution in [2.75, 3.05) is 44.6 Å². The van der Waals surface area contributed by atoms with Crippen LogP contribution in [0.15, 0.2) is 18.2 Å². The molecule has 1 aliphatic carbocycles. The molecule has 1 aromatic carbocycles. The maximum absolute atomic E-state index is 13.2. The van der Waals surface area contributed by atoms with Gasteiger partial charge in [0.15, 0.2) is 0 Å². The number of hydrogen-bond acceptors (Lipinski definition) is 4. The number of benzene rings is 1. The summed E-state index contributed by atoms with van der Waals surface area (Å²) in [6.45, 7) is 11.1. The zero-order valence-corrected chi connectivity index (χ0v) is 22.1. The zero-order valence-electron chi connectivity index (χ0n) is 22.1. The fourth-order valence-corrected chi connectivity index (χ4v) is 5.97. The van der Waals surface area contributed by atoms with Crippen molar-refractivity contribution in [2.45, 2.75) is 52.9 Å². The predicted octanol–water partition coefficient (Wildman–Crippen LogP) is 3.83. The minimum Gasteiger partial charge on any atom is -0.358 e. The van der Waals surface area contributed by atoms with Crippen molar-refractivity contribution in [3.05, 3.63) is 51.8 Å². The average Bonchev–Trinajstić information content (AvgIpc) is 3.62. The van der Waals surface area contributed by atoms with Gasteiger partial charge in [-0.2, -0.15) is 0 Å². The SMILES string of the molecule is CCN(CC)CCNC(=O)c1c(C)[nH]c2c1CCC/C2=C1/C(=O)Nc2ccc(C(=O)N3CCCC3)cc21. The highest BCUT2D eigenvalue weighted by atomic mass is 16.2. The first-order valence-corrected chi connectivity index (χ1v) is 13.6. The molecule has 37 heavy (non-hydrogen) atoms. The van der Waals surface area contributed by atoms with Gasteiger partial charge in [-0.1, -0.05) is 13.8 Å². The van der Waals surface area contributed by atoms with Crippen LogP contribution < -0.4 is 10.6 Å². The highest BCUT2D eigenvalue weighted by Crippen LogP contribution is 2.43. The number of H-pyrrole nitrogens is 1. The Hall–Kier alpha value is -3.39. The second kappa shape index (κ2) is 10.5. The fourth-order valence-electron chi connectivity index (χ4n) is 5.97. The number of aromatic nitrogens is 1. The van der Waals surface area contributed by atoms with Gasteiger partial charge < -0.3 is 25.4 Å². The monoisotopic (exact) mass is 503 g/mol. The van der Waals surface area contributed by atoms with Gasteiger partial charge in [0.25, 0.3) is 17.7 Å². The Balaban J connectivity index is 1.47. The molecule has 0 bridgehead atoms. The maximum atomic E-state index is 13.2. The van der Waals surface area contributed by atoms with E-state index >= 15 is 0 Å². The summed E-state index contributed by atoms with van der Waals surface area (Å²) in [7, 11) is 0. The van der Waals surface area contributed by atoms with Crippen molar-refractivity contribution in [3.63, 3.8) is 0 Å². The lowest BCUT2D eigenvalue weighted by atomic mass is 9.85. The molecule has 1 fully saturated rings. The second-order valence-electron chi connectivity index (χ2n) is 10.2. The number of carbonyl (C=O) groups is 3. The second-order valence-corrected chi connectivity index (χ2v) is 10.2. The van der Waals surface area contributed by atoms with Crippen LogP contribution >= 0.6 is 0 Å². The highest BCUT2D eigenvalue weighted by molar-refractivity contribution is 6.37. The van der Waals surface area contributed by atoms with E-state index in [1.54, 1.807) is 6.07 Å². The van der Waals surface area contributed by atoms with Crippen molar-refractivity contribution in [1.29, 1.82) is 0 Å². The first-order chi connectivity index (χ1) is 17.9. The topological polar surface area (TPSA) is 97.5 Å². The van der Waals surface area contributed by atoms with E-state index in [-0.39, 0.29) is 17.7 Å². The molecule has 0 unspecified atom stereocenters. The van der Waals surface area contributed by atoms with Gasteiger partial charge in [0.2, 0.25) is 0 Å². The molecule has 3 N–H and O–H groups in total. The molecule has 3 amide bonds. The third-order valence-electron chi connectivity index (χ3n) is 7.99. The first-order valence-electron chi connectivity index (χ1n) is 13.6. The van der Waals surface area contributed by atoms with Crippen LogP contribution in [0.3, 0.4) is 0 Å². The van der Waals surface area contributed by atoms with Crippen molar-refractivity contribution in [2.24, 2.45) is 0 Å². The lowest BCUT2D eigenvalue weighted by molar-refractivity contribution is -0.110. The normalized spacial score (nSPS) is 18.7. The Bertz CT molecular complexity index is 1260. The Morgan fingerprint density at radius 3 is 2.57 bits per heavy atom. The van der Waals surface area contributed by atoms with E-state index in [2.05, 4.69) is 34.4 Å². The Labute approximate surface area is 218 Å². The number of fused-ring (bicyclic) bond motifs is 2. The number of carbonyl (C=O) groups excluding carboxylic acids is 3. The van der Waals surface area contributed by atoms with Gasteiger partial charge in [0.1, 0.15) is 0 Å². The average molecular weight is 504 g/mol.